The van der Waals surface area contributed by atoms with Gasteiger partial charge in [-0.3, -0.25) is 9.10 Å². The summed E-state index contributed by atoms with van der Waals surface area (Å²) in [5, 5.41) is 13.5. The lowest BCUT2D eigenvalue weighted by atomic mass is 10.2. The summed E-state index contributed by atoms with van der Waals surface area (Å²) >= 11 is 0. The summed E-state index contributed by atoms with van der Waals surface area (Å²) in [6.45, 7) is 1.11. The number of hydrogen-bond acceptors (Lipinski definition) is 5. The van der Waals surface area contributed by atoms with Gasteiger partial charge < -0.3 is 5.11 Å². The van der Waals surface area contributed by atoms with E-state index in [9.17, 15) is 22.7 Å². The normalized spacial score (nSPS) is 11.4. The first kappa shape index (κ1) is 22.0. The second kappa shape index (κ2) is 9.40. The van der Waals surface area contributed by atoms with Gasteiger partial charge in [0.15, 0.2) is 0 Å². The van der Waals surface area contributed by atoms with E-state index in [1.165, 1.54) is 42.6 Å². The second-order valence-corrected chi connectivity index (χ2v) is 8.49. The van der Waals surface area contributed by atoms with Crippen molar-refractivity contribution in [2.24, 2.45) is 5.10 Å². The number of phenols is 1. The highest BCUT2D eigenvalue weighted by Crippen LogP contribution is 2.26. The average Bonchev–Trinajstić information content (AvgIpc) is 2.74. The maximum Gasteiger partial charge on any atom is 0.264 e. The molecule has 160 valence electrons. The molecule has 2 N–H and O–H groups in total. The van der Waals surface area contributed by atoms with Crippen LogP contribution in [0.2, 0.25) is 0 Å². The molecular formula is C22H20FN3O4S. The molecule has 0 spiro atoms. The van der Waals surface area contributed by atoms with Crippen LogP contribution in [0.15, 0.2) is 82.8 Å². The van der Waals surface area contributed by atoms with E-state index in [2.05, 4.69) is 10.5 Å². The molecule has 0 aromatic heterocycles. The summed E-state index contributed by atoms with van der Waals surface area (Å²) in [7, 11) is -4.23. The average molecular weight is 441 g/mol. The molecule has 3 aromatic rings. The van der Waals surface area contributed by atoms with E-state index in [4.69, 9.17) is 0 Å². The van der Waals surface area contributed by atoms with Gasteiger partial charge >= 0.3 is 0 Å². The number of para-hydroxylation sites is 2. The standard InChI is InChI=1S/C22H20FN3O4S/c1-16-10-12-18(13-11-16)31(29,30)26(20-8-4-3-7-19(20)23)15-22(28)25-24-14-17-6-2-5-9-21(17)27/h2-14,27H,15H2,1H3,(H,25,28)/b24-14-. The number of carbonyl (C=O) groups is 1. The number of hydrogen-bond donors (Lipinski definition) is 2. The fraction of sp³-hybridized carbons (Fsp3) is 0.0909. The van der Waals surface area contributed by atoms with Crippen LogP contribution in [0.4, 0.5) is 10.1 Å². The zero-order valence-corrected chi connectivity index (χ0v) is 17.4. The number of nitrogens with zero attached hydrogens (tertiary/aromatic N) is 2. The molecule has 0 aliphatic carbocycles. The van der Waals surface area contributed by atoms with E-state index in [1.807, 2.05) is 0 Å². The lowest BCUT2D eigenvalue weighted by molar-refractivity contribution is -0.119. The molecule has 0 bridgehead atoms. The van der Waals surface area contributed by atoms with Crippen molar-refractivity contribution < 1.29 is 22.7 Å². The molecule has 0 radical (unpaired) electrons. The van der Waals surface area contributed by atoms with Crippen molar-refractivity contribution in [3.8, 4) is 5.75 Å². The lowest BCUT2D eigenvalue weighted by Crippen LogP contribution is -2.40. The number of rotatable bonds is 7. The third-order valence-corrected chi connectivity index (χ3v) is 6.12. The molecule has 0 fully saturated rings. The summed E-state index contributed by atoms with van der Waals surface area (Å²) < 4.78 is 41.5. The molecule has 0 aliphatic heterocycles. The molecule has 0 unspecified atom stereocenters. The monoisotopic (exact) mass is 441 g/mol. The zero-order valence-electron chi connectivity index (χ0n) is 16.6. The Balaban J connectivity index is 1.87. The number of hydrazone groups is 1. The van der Waals surface area contributed by atoms with Crippen LogP contribution in [-0.4, -0.2) is 32.2 Å². The number of phenolic OH excluding ortho intramolecular Hbond substituents is 1. The maximum absolute atomic E-state index is 14.4. The number of aryl methyl sites for hydroxylation is 1. The van der Waals surface area contributed by atoms with Gasteiger partial charge in [0.05, 0.1) is 16.8 Å². The second-order valence-electron chi connectivity index (χ2n) is 6.63. The van der Waals surface area contributed by atoms with Crippen molar-refractivity contribution in [3.05, 3.63) is 89.7 Å². The van der Waals surface area contributed by atoms with Gasteiger partial charge in [-0.05, 0) is 43.3 Å². The number of carbonyl (C=O) groups excluding carboxylic acids is 1. The minimum absolute atomic E-state index is 0.0320. The van der Waals surface area contributed by atoms with Crippen LogP contribution in [0.1, 0.15) is 11.1 Å². The van der Waals surface area contributed by atoms with Crippen molar-refractivity contribution >= 4 is 27.8 Å². The first-order valence-electron chi connectivity index (χ1n) is 9.23. The number of amides is 1. The highest BCUT2D eigenvalue weighted by Gasteiger charge is 2.29. The van der Waals surface area contributed by atoms with Crippen LogP contribution < -0.4 is 9.73 Å². The minimum atomic E-state index is -4.23. The van der Waals surface area contributed by atoms with E-state index >= 15 is 0 Å². The number of anilines is 1. The molecular weight excluding hydrogens is 421 g/mol. The van der Waals surface area contributed by atoms with Gasteiger partial charge in [0.2, 0.25) is 0 Å². The SMILES string of the molecule is Cc1ccc(S(=O)(=O)N(CC(=O)N/N=C\c2ccccc2O)c2ccccc2F)cc1. The Morgan fingerprint density at radius 3 is 2.39 bits per heavy atom. The van der Waals surface area contributed by atoms with Crippen LogP contribution in [0, 0.1) is 12.7 Å². The van der Waals surface area contributed by atoms with Crippen LogP contribution in [-0.2, 0) is 14.8 Å². The molecule has 0 saturated carbocycles. The van der Waals surface area contributed by atoms with Crippen molar-refractivity contribution in [1.29, 1.82) is 0 Å². The van der Waals surface area contributed by atoms with Crippen LogP contribution >= 0.6 is 0 Å². The Labute approximate surface area is 179 Å². The molecule has 0 atom stereocenters. The third kappa shape index (κ3) is 5.26. The predicted molar refractivity (Wildman–Crippen MR) is 116 cm³/mol. The summed E-state index contributed by atoms with van der Waals surface area (Å²) in [6, 6.07) is 17.7. The Bertz CT molecular complexity index is 1210. The van der Waals surface area contributed by atoms with Crippen molar-refractivity contribution in [1.82, 2.24) is 5.43 Å². The van der Waals surface area contributed by atoms with Crippen LogP contribution in [0.25, 0.3) is 0 Å². The molecule has 9 heteroatoms. The largest absolute Gasteiger partial charge is 0.507 e. The Morgan fingerprint density at radius 2 is 1.71 bits per heavy atom. The summed E-state index contributed by atoms with van der Waals surface area (Å²) in [5.41, 5.74) is 3.16. The first-order valence-corrected chi connectivity index (χ1v) is 10.7. The van der Waals surface area contributed by atoms with E-state index in [-0.39, 0.29) is 16.3 Å². The quantitative estimate of drug-likeness (QED) is 0.435. The molecule has 0 heterocycles. The van der Waals surface area contributed by atoms with Crippen molar-refractivity contribution in [2.75, 3.05) is 10.8 Å². The maximum atomic E-state index is 14.4. The summed E-state index contributed by atoms with van der Waals surface area (Å²) in [6.07, 6.45) is 1.22. The van der Waals surface area contributed by atoms with Crippen molar-refractivity contribution in [3.63, 3.8) is 0 Å². The van der Waals surface area contributed by atoms with E-state index in [1.54, 1.807) is 37.3 Å². The molecule has 0 aliphatic rings. The molecule has 7 nitrogen and oxygen atoms in total. The van der Waals surface area contributed by atoms with E-state index in [0.717, 1.165) is 11.6 Å². The Hall–Kier alpha value is -3.72. The van der Waals surface area contributed by atoms with E-state index in [0.29, 0.717) is 9.87 Å². The van der Waals surface area contributed by atoms with Crippen LogP contribution in [0.3, 0.4) is 0 Å². The molecule has 1 amide bonds. The predicted octanol–water partition coefficient (Wildman–Crippen LogP) is 3.19. The van der Waals surface area contributed by atoms with Gasteiger partial charge in [0.1, 0.15) is 18.1 Å². The molecule has 3 rings (SSSR count). The number of benzene rings is 3. The highest BCUT2D eigenvalue weighted by molar-refractivity contribution is 7.92. The van der Waals surface area contributed by atoms with Gasteiger partial charge in [0.25, 0.3) is 15.9 Å². The highest BCUT2D eigenvalue weighted by atomic mass is 32.2. The summed E-state index contributed by atoms with van der Waals surface area (Å²) in [5.74, 6) is -1.61. The van der Waals surface area contributed by atoms with Gasteiger partial charge in [0, 0.05) is 5.56 Å². The fourth-order valence-electron chi connectivity index (χ4n) is 2.73. The molecule has 0 saturated heterocycles. The van der Waals surface area contributed by atoms with Gasteiger partial charge in [-0.2, -0.15) is 5.10 Å². The van der Waals surface area contributed by atoms with Crippen molar-refractivity contribution in [2.45, 2.75) is 11.8 Å². The first-order chi connectivity index (χ1) is 14.8. The molecule has 31 heavy (non-hydrogen) atoms. The minimum Gasteiger partial charge on any atom is -0.507 e. The Kier molecular flexibility index (Phi) is 6.66. The number of aromatic hydroxyl groups is 1. The fourth-order valence-corrected chi connectivity index (χ4v) is 4.16. The number of sulfonamides is 1. The van der Waals surface area contributed by atoms with Gasteiger partial charge in [-0.1, -0.05) is 42.0 Å². The van der Waals surface area contributed by atoms with Gasteiger partial charge in [-0.25, -0.2) is 18.2 Å². The smallest absolute Gasteiger partial charge is 0.264 e. The van der Waals surface area contributed by atoms with Crippen LogP contribution in [0.5, 0.6) is 5.75 Å². The Morgan fingerprint density at radius 1 is 1.06 bits per heavy atom. The lowest BCUT2D eigenvalue weighted by Gasteiger charge is -2.24. The summed E-state index contributed by atoms with van der Waals surface area (Å²) in [4.78, 5) is 12.4. The van der Waals surface area contributed by atoms with Gasteiger partial charge in [-0.15, -0.1) is 0 Å². The topological polar surface area (TPSA) is 99.1 Å². The van der Waals surface area contributed by atoms with E-state index < -0.39 is 28.3 Å². The molecule has 3 aromatic carbocycles. The third-order valence-electron chi connectivity index (χ3n) is 4.35. The number of halogens is 1. The zero-order chi connectivity index (χ0) is 22.4. The number of nitrogens with one attached hydrogen (secondary N) is 1.